The molecule has 0 aromatic heterocycles. The fourth-order valence-electron chi connectivity index (χ4n) is 10.5. The zero-order chi connectivity index (χ0) is 49.1. The van der Waals surface area contributed by atoms with Gasteiger partial charge in [-0.15, -0.1) is 0 Å². The fraction of sp³-hybridized carbons (Fsp3) is 0.265. The molecular formula is C68H70N2. The lowest BCUT2D eigenvalue weighted by Gasteiger charge is -2.31. The maximum absolute atomic E-state index is 2.52. The third-order valence-corrected chi connectivity index (χ3v) is 15.1. The average Bonchev–Trinajstić information content (AvgIpc) is 3.36. The van der Waals surface area contributed by atoms with Crippen LogP contribution in [0.4, 0.5) is 34.1 Å². The maximum Gasteiger partial charge on any atom is 0.0546 e. The summed E-state index contributed by atoms with van der Waals surface area (Å²) in [5.74, 6) is 2.52. The maximum atomic E-state index is 2.52. The third-order valence-electron chi connectivity index (χ3n) is 15.1. The van der Waals surface area contributed by atoms with E-state index in [4.69, 9.17) is 0 Å². The summed E-state index contributed by atoms with van der Waals surface area (Å²) in [6, 6.07) is 66.2. The highest BCUT2D eigenvalue weighted by Crippen LogP contribution is 2.49. The zero-order valence-electron chi connectivity index (χ0n) is 43.5. The number of benzene rings is 10. The van der Waals surface area contributed by atoms with Crippen molar-refractivity contribution in [1.82, 2.24) is 0 Å². The largest absolute Gasteiger partial charge is 0.310 e. The van der Waals surface area contributed by atoms with Crippen LogP contribution in [0.2, 0.25) is 0 Å². The Morgan fingerprint density at radius 3 is 0.829 bits per heavy atom. The quantitative estimate of drug-likeness (QED) is 0.113. The zero-order valence-corrected chi connectivity index (χ0v) is 43.5. The molecule has 2 nitrogen and oxygen atoms in total. The van der Waals surface area contributed by atoms with Crippen molar-refractivity contribution in [1.29, 1.82) is 0 Å². The molecule has 0 radical (unpaired) electrons. The Morgan fingerprint density at radius 2 is 0.486 bits per heavy atom. The fourth-order valence-corrected chi connectivity index (χ4v) is 10.5. The molecule has 0 saturated heterocycles. The van der Waals surface area contributed by atoms with Gasteiger partial charge in [-0.3, -0.25) is 0 Å². The van der Waals surface area contributed by atoms with Gasteiger partial charge < -0.3 is 9.80 Å². The summed E-state index contributed by atoms with van der Waals surface area (Å²) in [6.07, 6.45) is 0. The Morgan fingerprint density at radius 1 is 0.214 bits per heavy atom. The lowest BCUT2D eigenvalue weighted by molar-refractivity contribution is 0.866. The first-order valence-corrected chi connectivity index (χ1v) is 26.0. The molecule has 0 amide bonds. The number of anilines is 6. The topological polar surface area (TPSA) is 6.48 Å². The predicted molar refractivity (Wildman–Crippen MR) is 308 cm³/mol. The van der Waals surface area contributed by atoms with Crippen molar-refractivity contribution >= 4 is 88.0 Å². The summed E-state index contributed by atoms with van der Waals surface area (Å²) < 4.78 is 0. The number of fused-ring (bicyclic) bond motifs is 7. The summed E-state index contributed by atoms with van der Waals surface area (Å²) in [5, 5.41) is 12.5. The molecule has 0 saturated carbocycles. The SMILES string of the molecule is CC(C)c1ccc(N(c2ccc3cc(C(C)C)ccc3c2)c2cc3c4ccc(C(C)C)cc4c(N(c4ccc(C(C)C)cc4)c4ccc5cc(C(C)C)ccc5c4)cc3c3ccc(C(C)C)cc23)cc1. The van der Waals surface area contributed by atoms with E-state index in [1.165, 1.54) is 98.6 Å². The second-order valence-corrected chi connectivity index (χ2v) is 21.9. The van der Waals surface area contributed by atoms with Gasteiger partial charge in [0, 0.05) is 33.5 Å². The normalized spacial score (nSPS) is 12.2. The molecule has 0 bridgehead atoms. The highest BCUT2D eigenvalue weighted by Gasteiger charge is 2.24. The van der Waals surface area contributed by atoms with Crippen LogP contribution >= 0.6 is 0 Å². The van der Waals surface area contributed by atoms with E-state index < -0.39 is 0 Å². The van der Waals surface area contributed by atoms with Crippen molar-refractivity contribution in [2.24, 2.45) is 0 Å². The number of hydrogen-bond acceptors (Lipinski definition) is 2. The Hall–Kier alpha value is -6.90. The molecule has 0 heterocycles. The summed E-state index contributed by atoms with van der Waals surface area (Å²) in [6.45, 7) is 27.5. The molecule has 2 heteroatoms. The molecular weight excluding hydrogens is 845 g/mol. The van der Waals surface area contributed by atoms with Crippen molar-refractivity contribution in [3.8, 4) is 0 Å². The Labute approximate surface area is 417 Å². The van der Waals surface area contributed by atoms with Gasteiger partial charge in [-0.2, -0.15) is 0 Å². The number of hydrogen-bond donors (Lipinski definition) is 0. The van der Waals surface area contributed by atoms with Gasteiger partial charge in [0.05, 0.1) is 11.4 Å². The van der Waals surface area contributed by atoms with Crippen molar-refractivity contribution in [3.05, 3.63) is 203 Å². The first-order chi connectivity index (χ1) is 33.6. The Bertz CT molecular complexity index is 3310. The predicted octanol–water partition coefficient (Wildman–Crippen LogP) is 21.1. The van der Waals surface area contributed by atoms with Gasteiger partial charge in [-0.05, 0) is 185 Å². The van der Waals surface area contributed by atoms with Crippen LogP contribution in [0, 0.1) is 0 Å². The van der Waals surface area contributed by atoms with Crippen LogP contribution in [0.5, 0.6) is 0 Å². The first-order valence-electron chi connectivity index (χ1n) is 26.0. The molecule has 0 N–H and O–H groups in total. The van der Waals surface area contributed by atoms with E-state index in [1.807, 2.05) is 0 Å². The molecule has 10 rings (SSSR count). The van der Waals surface area contributed by atoms with Crippen molar-refractivity contribution < 1.29 is 0 Å². The molecule has 0 aliphatic rings. The summed E-state index contributed by atoms with van der Waals surface area (Å²) in [7, 11) is 0. The minimum atomic E-state index is 0.359. The first kappa shape index (κ1) is 46.8. The smallest absolute Gasteiger partial charge is 0.0546 e. The molecule has 70 heavy (non-hydrogen) atoms. The van der Waals surface area contributed by atoms with Gasteiger partial charge in [0.2, 0.25) is 0 Å². The Kier molecular flexibility index (Phi) is 12.6. The Balaban J connectivity index is 1.30. The van der Waals surface area contributed by atoms with E-state index >= 15 is 0 Å². The van der Waals surface area contributed by atoms with Gasteiger partial charge >= 0.3 is 0 Å². The molecule has 0 unspecified atom stereocenters. The van der Waals surface area contributed by atoms with Crippen LogP contribution < -0.4 is 9.80 Å². The van der Waals surface area contributed by atoms with E-state index in [0.717, 1.165) is 22.7 Å². The highest BCUT2D eigenvalue weighted by molar-refractivity contribution is 6.25. The van der Waals surface area contributed by atoms with Gasteiger partial charge in [0.1, 0.15) is 0 Å². The monoisotopic (exact) mass is 915 g/mol. The van der Waals surface area contributed by atoms with E-state index in [-0.39, 0.29) is 0 Å². The van der Waals surface area contributed by atoms with Gasteiger partial charge in [-0.1, -0.05) is 180 Å². The lowest BCUT2D eigenvalue weighted by atomic mass is 9.89. The van der Waals surface area contributed by atoms with Gasteiger partial charge in [0.25, 0.3) is 0 Å². The molecule has 0 aliphatic carbocycles. The molecule has 352 valence electrons. The molecule has 0 atom stereocenters. The minimum absolute atomic E-state index is 0.359. The van der Waals surface area contributed by atoms with Crippen LogP contribution in [0.25, 0.3) is 53.9 Å². The van der Waals surface area contributed by atoms with Crippen LogP contribution in [-0.2, 0) is 0 Å². The van der Waals surface area contributed by atoms with Crippen molar-refractivity contribution in [2.75, 3.05) is 9.80 Å². The van der Waals surface area contributed by atoms with E-state index in [0.29, 0.717) is 35.5 Å². The van der Waals surface area contributed by atoms with Gasteiger partial charge in [-0.25, -0.2) is 0 Å². The second-order valence-electron chi connectivity index (χ2n) is 21.9. The minimum Gasteiger partial charge on any atom is -0.310 e. The van der Waals surface area contributed by atoms with E-state index in [1.54, 1.807) is 0 Å². The highest BCUT2D eigenvalue weighted by atomic mass is 15.2. The average molecular weight is 915 g/mol. The molecule has 10 aromatic carbocycles. The summed E-state index contributed by atoms with van der Waals surface area (Å²) in [4.78, 5) is 5.05. The molecule has 0 spiro atoms. The van der Waals surface area contributed by atoms with Crippen LogP contribution in [-0.4, -0.2) is 0 Å². The summed E-state index contributed by atoms with van der Waals surface area (Å²) in [5.41, 5.74) is 15.0. The number of rotatable bonds is 12. The standard InChI is InChI=1S/C68H70N2/c1-41(2)47-17-25-57(26-18-47)69(59-29-21-53-33-49(43(5)6)13-15-55(53)35-59)67-39-63-62-32-24-52(46(11)12)38-66(62)68(40-64(63)61-31-23-51(45(9)10)37-65(61)67)70(58-27-19-48(20-28-58)42(3)4)60-30-22-54-34-50(44(7)8)14-16-56(54)36-60/h13-46H,1-12H3. The molecule has 0 aliphatic heterocycles. The van der Waals surface area contributed by atoms with Crippen LogP contribution in [0.3, 0.4) is 0 Å². The van der Waals surface area contributed by atoms with Crippen LogP contribution in [0.1, 0.15) is 152 Å². The second kappa shape index (κ2) is 18.8. The lowest BCUT2D eigenvalue weighted by Crippen LogP contribution is -2.12. The third kappa shape index (κ3) is 8.72. The van der Waals surface area contributed by atoms with E-state index in [9.17, 15) is 0 Å². The molecule has 0 fully saturated rings. The van der Waals surface area contributed by atoms with Crippen molar-refractivity contribution in [2.45, 2.75) is 119 Å². The summed E-state index contributed by atoms with van der Waals surface area (Å²) >= 11 is 0. The molecule has 10 aromatic rings. The van der Waals surface area contributed by atoms with Crippen LogP contribution in [0.15, 0.2) is 170 Å². The van der Waals surface area contributed by atoms with E-state index in [2.05, 4.69) is 263 Å². The number of nitrogens with zero attached hydrogens (tertiary/aromatic N) is 2. The van der Waals surface area contributed by atoms with Gasteiger partial charge in [0.15, 0.2) is 0 Å². The van der Waals surface area contributed by atoms with Crippen molar-refractivity contribution in [3.63, 3.8) is 0 Å².